The van der Waals surface area contributed by atoms with E-state index in [2.05, 4.69) is 4.84 Å². The molecule has 76 valence electrons. The number of rotatable bonds is 5. The Morgan fingerprint density at radius 2 is 2.21 bits per heavy atom. The summed E-state index contributed by atoms with van der Waals surface area (Å²) in [5.41, 5.74) is 0. The van der Waals surface area contributed by atoms with Gasteiger partial charge < -0.3 is 14.7 Å². The lowest BCUT2D eigenvalue weighted by molar-refractivity contribution is -0.757. The molecular weight excluding hydrogens is 190 g/mol. The molecule has 0 aliphatic heterocycles. The van der Waals surface area contributed by atoms with Crippen molar-refractivity contribution in [2.24, 2.45) is 0 Å². The second-order valence-electron chi connectivity index (χ2n) is 2.40. The predicted octanol–water partition coefficient (Wildman–Crippen LogP) is 0.979. The van der Waals surface area contributed by atoms with E-state index in [-0.39, 0.29) is 19.0 Å². The van der Waals surface area contributed by atoms with Crippen LogP contribution in [-0.4, -0.2) is 23.4 Å². The van der Waals surface area contributed by atoms with Gasteiger partial charge in [-0.25, -0.2) is 0 Å². The third kappa shape index (κ3) is 3.61. The maximum absolute atomic E-state index is 9.75. The zero-order valence-electron chi connectivity index (χ0n) is 7.25. The van der Waals surface area contributed by atoms with Crippen molar-refractivity contribution in [2.75, 3.05) is 13.2 Å². The summed E-state index contributed by atoms with van der Waals surface area (Å²) >= 11 is 0. The number of nitrogens with zero attached hydrogens (tertiary/aromatic N) is 1. The largest absolute Gasteiger partial charge is 0.508 e. The Kier molecular flexibility index (Phi) is 3.54. The van der Waals surface area contributed by atoms with Crippen molar-refractivity contribution in [1.82, 2.24) is 0 Å². The second kappa shape index (κ2) is 4.90. The van der Waals surface area contributed by atoms with Crippen LogP contribution in [0.3, 0.4) is 0 Å². The molecule has 0 heterocycles. The van der Waals surface area contributed by atoms with Gasteiger partial charge in [-0.2, -0.15) is 0 Å². The zero-order valence-corrected chi connectivity index (χ0v) is 7.25. The Hall–Kier alpha value is -1.98. The second-order valence-corrected chi connectivity index (χ2v) is 2.40. The Morgan fingerprint density at radius 3 is 2.86 bits per heavy atom. The lowest BCUT2D eigenvalue weighted by Gasteiger charge is -2.04. The van der Waals surface area contributed by atoms with Gasteiger partial charge in [-0.3, -0.25) is 0 Å². The van der Waals surface area contributed by atoms with Crippen molar-refractivity contribution >= 4 is 0 Å². The molecule has 1 aromatic rings. The van der Waals surface area contributed by atoms with Crippen LogP contribution in [0.5, 0.6) is 11.5 Å². The molecule has 14 heavy (non-hydrogen) atoms. The molecule has 0 radical (unpaired) electrons. The van der Waals surface area contributed by atoms with Gasteiger partial charge in [-0.05, 0) is 12.1 Å². The molecule has 0 bridgehead atoms. The van der Waals surface area contributed by atoms with Crippen LogP contribution < -0.4 is 4.74 Å². The fraction of sp³-hybridized carbons (Fsp3) is 0.250. The van der Waals surface area contributed by atoms with E-state index in [0.29, 0.717) is 5.75 Å². The number of phenols is 1. The van der Waals surface area contributed by atoms with E-state index in [1.807, 2.05) is 0 Å². The Labute approximate surface area is 79.8 Å². The van der Waals surface area contributed by atoms with E-state index in [1.165, 1.54) is 12.1 Å². The summed E-state index contributed by atoms with van der Waals surface area (Å²) in [6.07, 6.45) is 0. The smallest absolute Gasteiger partial charge is 0.294 e. The van der Waals surface area contributed by atoms with Gasteiger partial charge in [0.1, 0.15) is 24.7 Å². The summed E-state index contributed by atoms with van der Waals surface area (Å²) in [6, 6.07) is 6.15. The number of hydrogen-bond acceptors (Lipinski definition) is 5. The van der Waals surface area contributed by atoms with E-state index in [0.717, 1.165) is 0 Å². The van der Waals surface area contributed by atoms with Crippen LogP contribution in [0.4, 0.5) is 0 Å². The number of benzene rings is 1. The highest BCUT2D eigenvalue weighted by atomic mass is 17.0. The average molecular weight is 199 g/mol. The number of ether oxygens (including phenoxy) is 1. The summed E-state index contributed by atoms with van der Waals surface area (Å²) in [5, 5.41) is 17.9. The lowest BCUT2D eigenvalue weighted by Crippen LogP contribution is -2.10. The van der Waals surface area contributed by atoms with Gasteiger partial charge in [0, 0.05) is 6.07 Å². The Balaban J connectivity index is 2.28. The first-order valence-electron chi connectivity index (χ1n) is 3.87. The molecule has 0 saturated heterocycles. The molecule has 0 atom stereocenters. The van der Waals surface area contributed by atoms with E-state index in [9.17, 15) is 10.1 Å². The van der Waals surface area contributed by atoms with Crippen molar-refractivity contribution in [2.45, 2.75) is 0 Å². The van der Waals surface area contributed by atoms with Gasteiger partial charge in [0.05, 0.1) is 0 Å². The highest BCUT2D eigenvalue weighted by molar-refractivity contribution is 5.31. The summed E-state index contributed by atoms with van der Waals surface area (Å²) < 4.78 is 5.05. The van der Waals surface area contributed by atoms with E-state index >= 15 is 0 Å². The molecule has 1 N–H and O–H groups in total. The summed E-state index contributed by atoms with van der Waals surface area (Å²) in [7, 11) is 0. The molecule has 0 spiro atoms. The SMILES string of the molecule is O=[N+]([O-])OCCOc1cccc(O)c1. The van der Waals surface area contributed by atoms with Crippen LogP contribution in [-0.2, 0) is 4.84 Å². The van der Waals surface area contributed by atoms with Gasteiger partial charge >= 0.3 is 0 Å². The number of aromatic hydroxyl groups is 1. The predicted molar refractivity (Wildman–Crippen MR) is 46.5 cm³/mol. The van der Waals surface area contributed by atoms with E-state index in [1.54, 1.807) is 12.1 Å². The first-order valence-corrected chi connectivity index (χ1v) is 3.87. The van der Waals surface area contributed by atoms with Crippen molar-refractivity contribution < 1.29 is 19.8 Å². The van der Waals surface area contributed by atoms with Gasteiger partial charge in [-0.15, -0.1) is 10.1 Å². The molecule has 6 nitrogen and oxygen atoms in total. The Bertz CT molecular complexity index is 314. The molecular formula is C8H9NO5. The third-order valence-electron chi connectivity index (χ3n) is 1.37. The molecule has 0 saturated carbocycles. The minimum absolute atomic E-state index is 0.0600. The first kappa shape index (κ1) is 10.1. The first-order chi connectivity index (χ1) is 6.68. The van der Waals surface area contributed by atoms with Crippen molar-refractivity contribution in [3.05, 3.63) is 34.4 Å². The Morgan fingerprint density at radius 1 is 1.43 bits per heavy atom. The highest BCUT2D eigenvalue weighted by Gasteiger charge is 1.97. The van der Waals surface area contributed by atoms with Crippen molar-refractivity contribution in [3.8, 4) is 11.5 Å². The summed E-state index contributed by atoms with van der Waals surface area (Å²) in [5.74, 6) is 0.523. The molecule has 0 aliphatic carbocycles. The van der Waals surface area contributed by atoms with Crippen LogP contribution >= 0.6 is 0 Å². The standard InChI is InChI=1S/C8H9NO5/c10-7-2-1-3-8(6-7)13-4-5-14-9(11)12/h1-3,6,10H,4-5H2. The number of phenolic OH excluding ortho intramolecular Hbond substituents is 1. The number of hydrogen-bond donors (Lipinski definition) is 1. The van der Waals surface area contributed by atoms with Crippen LogP contribution in [0.25, 0.3) is 0 Å². The maximum Gasteiger partial charge on any atom is 0.294 e. The molecule has 0 fully saturated rings. The van der Waals surface area contributed by atoms with E-state index < -0.39 is 5.09 Å². The van der Waals surface area contributed by atoms with Gasteiger partial charge in [-0.1, -0.05) is 6.07 Å². The topological polar surface area (TPSA) is 81.8 Å². The summed E-state index contributed by atoms with van der Waals surface area (Å²) in [4.78, 5) is 13.8. The van der Waals surface area contributed by atoms with Crippen LogP contribution in [0.1, 0.15) is 0 Å². The van der Waals surface area contributed by atoms with E-state index in [4.69, 9.17) is 9.84 Å². The monoisotopic (exact) mass is 199 g/mol. The fourth-order valence-electron chi connectivity index (χ4n) is 0.845. The molecule has 0 aromatic heterocycles. The summed E-state index contributed by atoms with van der Waals surface area (Å²) in [6.45, 7) is -0.0763. The van der Waals surface area contributed by atoms with Crippen LogP contribution in [0.2, 0.25) is 0 Å². The molecule has 6 heteroatoms. The van der Waals surface area contributed by atoms with Gasteiger partial charge in [0.25, 0.3) is 5.09 Å². The molecule has 0 aliphatic rings. The highest BCUT2D eigenvalue weighted by Crippen LogP contribution is 2.17. The van der Waals surface area contributed by atoms with Crippen molar-refractivity contribution in [1.29, 1.82) is 0 Å². The minimum Gasteiger partial charge on any atom is -0.508 e. The molecule has 1 aromatic carbocycles. The van der Waals surface area contributed by atoms with Crippen LogP contribution in [0.15, 0.2) is 24.3 Å². The fourth-order valence-corrected chi connectivity index (χ4v) is 0.845. The van der Waals surface area contributed by atoms with Gasteiger partial charge in [0.15, 0.2) is 0 Å². The quantitative estimate of drug-likeness (QED) is 0.434. The molecule has 0 unspecified atom stereocenters. The van der Waals surface area contributed by atoms with Crippen LogP contribution in [0, 0.1) is 10.1 Å². The maximum atomic E-state index is 9.75. The zero-order chi connectivity index (χ0) is 10.4. The molecule has 1 rings (SSSR count). The average Bonchev–Trinajstić information content (AvgIpc) is 2.12. The van der Waals surface area contributed by atoms with Crippen molar-refractivity contribution in [3.63, 3.8) is 0 Å². The minimum atomic E-state index is -0.883. The van der Waals surface area contributed by atoms with Gasteiger partial charge in [0.2, 0.25) is 0 Å². The normalized spacial score (nSPS) is 9.43. The third-order valence-corrected chi connectivity index (χ3v) is 1.37. The molecule has 0 amide bonds. The lowest BCUT2D eigenvalue weighted by atomic mass is 10.3.